The van der Waals surface area contributed by atoms with Gasteiger partial charge in [-0.25, -0.2) is 0 Å². The first-order chi connectivity index (χ1) is 30.6. The fraction of sp³-hybridized carbons (Fsp3) is 0.870. The Kier molecular flexibility index (Phi) is 45.0. The van der Waals surface area contributed by atoms with Crippen molar-refractivity contribution in [3.8, 4) is 0 Å². The number of ether oxygens (including phenoxy) is 12. The average molecular weight is 911 g/mol. The Morgan fingerprint density at radius 2 is 0.532 bits per heavy atom. The molecule has 1 aromatic rings. The van der Waals surface area contributed by atoms with Gasteiger partial charge in [0.2, 0.25) is 0 Å². The molecule has 0 aliphatic carbocycles. The Bertz CT molecular complexity index is 1130. The summed E-state index contributed by atoms with van der Waals surface area (Å²) in [7, 11) is -3.78. The van der Waals surface area contributed by atoms with Crippen LogP contribution in [0.5, 0.6) is 0 Å². The second kappa shape index (κ2) is 47.6. The van der Waals surface area contributed by atoms with Crippen molar-refractivity contribution < 1.29 is 69.4 Å². The minimum atomic E-state index is -3.78. The summed E-state index contributed by atoms with van der Waals surface area (Å²) in [6, 6.07) is 6.49. The first-order valence-electron chi connectivity index (χ1n) is 23.4. The quantitative estimate of drug-likeness (QED) is 0.0487. The van der Waals surface area contributed by atoms with Crippen LogP contribution in [0.4, 0.5) is 0 Å². The first-order valence-corrected chi connectivity index (χ1v) is 24.9. The van der Waals surface area contributed by atoms with Crippen LogP contribution in [0.1, 0.15) is 96.0 Å². The zero-order valence-corrected chi connectivity index (χ0v) is 39.5. The van der Waals surface area contributed by atoms with Crippen molar-refractivity contribution in [2.45, 2.75) is 102 Å². The summed E-state index contributed by atoms with van der Waals surface area (Å²) in [5.41, 5.74) is 0.975. The maximum Gasteiger partial charge on any atom is 0.297 e. The minimum Gasteiger partial charge on any atom is -0.379 e. The molecule has 0 spiro atoms. The molecule has 0 saturated heterocycles. The maximum absolute atomic E-state index is 12.1. The monoisotopic (exact) mass is 911 g/mol. The molecule has 0 heterocycles. The molecule has 0 aliphatic rings. The van der Waals surface area contributed by atoms with Crippen molar-refractivity contribution in [3.05, 3.63) is 29.8 Å². The van der Waals surface area contributed by atoms with Crippen molar-refractivity contribution in [2.75, 3.05) is 165 Å². The zero-order valence-electron chi connectivity index (χ0n) is 38.7. The summed E-state index contributed by atoms with van der Waals surface area (Å²) >= 11 is 0. The number of hydrogen-bond acceptors (Lipinski definition) is 15. The van der Waals surface area contributed by atoms with Gasteiger partial charge < -0.3 is 56.8 Å². The molecule has 1 rings (SSSR count). The van der Waals surface area contributed by atoms with Gasteiger partial charge in [0, 0.05) is 6.61 Å². The highest BCUT2D eigenvalue weighted by molar-refractivity contribution is 7.86. The van der Waals surface area contributed by atoms with E-state index in [0.717, 1.165) is 18.6 Å². The summed E-state index contributed by atoms with van der Waals surface area (Å²) in [6.07, 6.45) is 17.7. The zero-order chi connectivity index (χ0) is 44.5. The molecule has 0 bridgehead atoms. The van der Waals surface area contributed by atoms with Gasteiger partial charge in [0.25, 0.3) is 10.1 Å². The lowest BCUT2D eigenvalue weighted by atomic mass is 10.0. The molecule has 0 N–H and O–H groups in total. The van der Waals surface area contributed by atoms with E-state index in [1.165, 1.54) is 89.2 Å². The van der Waals surface area contributed by atoms with Crippen molar-refractivity contribution in [2.24, 2.45) is 0 Å². The Morgan fingerprint density at radius 3 is 0.806 bits per heavy atom. The van der Waals surface area contributed by atoms with Gasteiger partial charge in [-0.15, -0.1) is 0 Å². The smallest absolute Gasteiger partial charge is 0.297 e. The molecule has 0 unspecified atom stereocenters. The fourth-order valence-electron chi connectivity index (χ4n) is 5.72. The Hall–Kier alpha value is -1.35. The molecular formula is C46H86O15S. The molecule has 0 atom stereocenters. The minimum absolute atomic E-state index is 0.0601. The average Bonchev–Trinajstić information content (AvgIpc) is 3.27. The molecule has 366 valence electrons. The third kappa shape index (κ3) is 42.6. The van der Waals surface area contributed by atoms with E-state index >= 15 is 0 Å². The van der Waals surface area contributed by atoms with E-state index in [4.69, 9.17) is 61.0 Å². The summed E-state index contributed by atoms with van der Waals surface area (Å²) in [6.45, 7) is 15.9. The molecule has 16 heteroatoms. The van der Waals surface area contributed by atoms with Crippen molar-refractivity contribution in [3.63, 3.8) is 0 Å². The van der Waals surface area contributed by atoms with E-state index in [1.807, 2.05) is 6.92 Å². The van der Waals surface area contributed by atoms with Gasteiger partial charge in [0.1, 0.15) is 0 Å². The number of unbranched alkanes of at least 4 members (excludes halogenated alkanes) is 12. The maximum atomic E-state index is 12.1. The molecule has 0 radical (unpaired) electrons. The van der Waals surface area contributed by atoms with Crippen LogP contribution < -0.4 is 0 Å². The van der Waals surface area contributed by atoms with Gasteiger partial charge >= 0.3 is 0 Å². The molecular weight excluding hydrogens is 825 g/mol. The largest absolute Gasteiger partial charge is 0.379 e. The van der Waals surface area contributed by atoms with Crippen LogP contribution in [0, 0.1) is 6.92 Å². The van der Waals surface area contributed by atoms with Gasteiger partial charge in [-0.05, 0) is 25.5 Å². The number of hydrogen-bond donors (Lipinski definition) is 0. The van der Waals surface area contributed by atoms with E-state index in [-0.39, 0.29) is 18.1 Å². The highest BCUT2D eigenvalue weighted by Crippen LogP contribution is 2.14. The van der Waals surface area contributed by atoms with Crippen molar-refractivity contribution in [1.82, 2.24) is 0 Å². The lowest BCUT2D eigenvalue weighted by molar-refractivity contribution is -0.0285. The second-order valence-corrected chi connectivity index (χ2v) is 16.3. The molecule has 0 aliphatic heterocycles. The Morgan fingerprint density at radius 1 is 0.306 bits per heavy atom. The normalized spacial score (nSPS) is 11.9. The Labute approximate surface area is 375 Å². The number of aryl methyl sites for hydroxylation is 1. The van der Waals surface area contributed by atoms with E-state index < -0.39 is 10.1 Å². The van der Waals surface area contributed by atoms with E-state index in [0.29, 0.717) is 145 Å². The van der Waals surface area contributed by atoms with Crippen LogP contribution in [0.25, 0.3) is 0 Å². The summed E-state index contributed by atoms with van der Waals surface area (Å²) < 4.78 is 95.3. The van der Waals surface area contributed by atoms with Gasteiger partial charge in [0.05, 0.1) is 163 Å². The molecule has 62 heavy (non-hydrogen) atoms. The van der Waals surface area contributed by atoms with Crippen molar-refractivity contribution >= 4 is 10.1 Å². The molecule has 0 aromatic heterocycles. The standard InChI is InChI=1S/C46H86O15S/c1-3-4-5-6-7-8-9-10-11-12-13-14-15-20-49-21-22-50-23-24-51-25-26-52-27-28-53-29-30-54-31-32-55-33-34-56-35-36-57-37-38-58-39-40-59-41-42-60-43-44-61-62(47,48)46-18-16-45(2)17-19-46/h16-19H,3-15,20-44H2,1-2H3. The molecule has 15 nitrogen and oxygen atoms in total. The van der Waals surface area contributed by atoms with Gasteiger partial charge in [-0.2, -0.15) is 8.42 Å². The first kappa shape index (κ1) is 58.7. The molecule has 0 saturated carbocycles. The fourth-order valence-corrected chi connectivity index (χ4v) is 6.61. The van der Waals surface area contributed by atoms with E-state index in [1.54, 1.807) is 12.1 Å². The van der Waals surface area contributed by atoms with Crippen LogP contribution in [-0.2, 0) is 71.1 Å². The van der Waals surface area contributed by atoms with Crippen LogP contribution in [0.2, 0.25) is 0 Å². The summed E-state index contributed by atoms with van der Waals surface area (Å²) in [5.74, 6) is 0. The predicted octanol–water partition coefficient (Wildman–Crippen LogP) is 6.99. The predicted molar refractivity (Wildman–Crippen MR) is 240 cm³/mol. The Balaban J connectivity index is 1.63. The van der Waals surface area contributed by atoms with Crippen molar-refractivity contribution in [1.29, 1.82) is 0 Å². The number of rotatable bonds is 52. The van der Waals surface area contributed by atoms with Crippen LogP contribution in [0.3, 0.4) is 0 Å². The van der Waals surface area contributed by atoms with E-state index in [2.05, 4.69) is 6.92 Å². The van der Waals surface area contributed by atoms with Crippen LogP contribution in [0.15, 0.2) is 29.2 Å². The second-order valence-electron chi connectivity index (χ2n) is 14.7. The van der Waals surface area contributed by atoms with Gasteiger partial charge in [-0.3, -0.25) is 4.18 Å². The molecule has 1 aromatic carbocycles. The molecule has 0 amide bonds. The van der Waals surface area contributed by atoms with Gasteiger partial charge in [-0.1, -0.05) is 102 Å². The number of benzene rings is 1. The highest BCUT2D eigenvalue weighted by atomic mass is 32.2. The summed E-state index contributed by atoms with van der Waals surface area (Å²) in [5, 5.41) is 0. The summed E-state index contributed by atoms with van der Waals surface area (Å²) in [4.78, 5) is 0.128. The third-order valence-electron chi connectivity index (χ3n) is 9.26. The van der Waals surface area contributed by atoms with Crippen LogP contribution >= 0.6 is 0 Å². The van der Waals surface area contributed by atoms with E-state index in [9.17, 15) is 8.42 Å². The lowest BCUT2D eigenvalue weighted by Gasteiger charge is -2.09. The highest BCUT2D eigenvalue weighted by Gasteiger charge is 2.14. The van der Waals surface area contributed by atoms with Gasteiger partial charge in [0.15, 0.2) is 0 Å². The van der Waals surface area contributed by atoms with Crippen LogP contribution in [-0.4, -0.2) is 174 Å². The molecule has 0 fully saturated rings. The lowest BCUT2D eigenvalue weighted by Crippen LogP contribution is -2.16. The third-order valence-corrected chi connectivity index (χ3v) is 10.6. The SMILES string of the molecule is CCCCCCCCCCCCCCCOCCOCCOCCOCCOCCOCCOCCOCCOCCOCCOCCOCCOS(=O)(=O)c1ccc(C)cc1. The topological polar surface area (TPSA) is 154 Å².